The number of ether oxygens (including phenoxy) is 1. The SMILES string of the molecule is CN/C=C(/Cc1cc(CC2CC2)nn1C)C(=N)c1ccc(F)cc1[C@@H](C)Oc1cc(Br)cnc1NO. The van der Waals surface area contributed by atoms with Crippen LogP contribution < -0.4 is 15.5 Å². The second-order valence-corrected chi connectivity index (χ2v) is 9.93. The van der Waals surface area contributed by atoms with E-state index in [4.69, 9.17) is 10.1 Å². The summed E-state index contributed by atoms with van der Waals surface area (Å²) in [6, 6.07) is 8.08. The molecule has 10 heteroatoms. The highest BCUT2D eigenvalue weighted by atomic mass is 79.9. The van der Waals surface area contributed by atoms with Crippen molar-refractivity contribution in [2.75, 3.05) is 12.5 Å². The van der Waals surface area contributed by atoms with Gasteiger partial charge >= 0.3 is 0 Å². The van der Waals surface area contributed by atoms with Crippen LogP contribution in [-0.2, 0) is 19.9 Å². The number of nitrogens with zero attached hydrogens (tertiary/aromatic N) is 3. The Hall–Kier alpha value is -3.24. The van der Waals surface area contributed by atoms with Gasteiger partial charge in [-0.2, -0.15) is 5.10 Å². The van der Waals surface area contributed by atoms with Gasteiger partial charge in [-0.05, 0) is 83.9 Å². The molecule has 4 N–H and O–H groups in total. The lowest BCUT2D eigenvalue weighted by atomic mass is 9.93. The summed E-state index contributed by atoms with van der Waals surface area (Å²) in [6.07, 6.45) is 6.68. The standard InChI is InChI=1S/C26H30BrFN6O2/c1-15(36-24-10-18(27)14-31-26(24)33-35)23-11-19(28)6-7-22(23)25(29)17(13-30-2)9-21-12-20(32-34(21)3)8-16-4-5-16/h6-7,10-16,29-30,35H,4-5,8-9H2,1-3H3,(H,31,33)/b17-13-,29-25?/t15-/m1/s1. The number of rotatable bonds is 11. The van der Waals surface area contributed by atoms with E-state index in [1.54, 1.807) is 32.3 Å². The van der Waals surface area contributed by atoms with Gasteiger partial charge < -0.3 is 10.1 Å². The molecule has 0 unspecified atom stereocenters. The maximum Gasteiger partial charge on any atom is 0.192 e. The maximum atomic E-state index is 14.3. The minimum Gasteiger partial charge on any atom is -0.482 e. The molecule has 0 bridgehead atoms. The number of hydrogen-bond acceptors (Lipinski definition) is 7. The first-order valence-corrected chi connectivity index (χ1v) is 12.6. The van der Waals surface area contributed by atoms with Crippen LogP contribution in [0.5, 0.6) is 5.75 Å². The molecule has 1 aliphatic rings. The molecule has 1 aromatic carbocycles. The summed E-state index contributed by atoms with van der Waals surface area (Å²) in [6.45, 7) is 1.76. The van der Waals surface area contributed by atoms with Crippen LogP contribution in [0.15, 0.2) is 52.8 Å². The van der Waals surface area contributed by atoms with Crippen LogP contribution in [0, 0.1) is 17.1 Å². The second kappa shape index (κ2) is 11.2. The number of anilines is 1. The first-order chi connectivity index (χ1) is 17.3. The Kier molecular flexibility index (Phi) is 8.05. The fourth-order valence-electron chi connectivity index (χ4n) is 4.15. The van der Waals surface area contributed by atoms with Crippen LogP contribution in [0.4, 0.5) is 10.2 Å². The second-order valence-electron chi connectivity index (χ2n) is 9.01. The lowest BCUT2D eigenvalue weighted by Gasteiger charge is -2.21. The average molecular weight is 557 g/mol. The normalized spacial score (nSPS) is 14.4. The number of allylic oxidation sites excluding steroid dienone is 1. The van der Waals surface area contributed by atoms with Gasteiger partial charge in [-0.1, -0.05) is 0 Å². The van der Waals surface area contributed by atoms with Crippen molar-refractivity contribution < 1.29 is 14.3 Å². The summed E-state index contributed by atoms with van der Waals surface area (Å²) in [7, 11) is 3.71. The molecule has 3 aromatic rings. The molecule has 1 fully saturated rings. The summed E-state index contributed by atoms with van der Waals surface area (Å²) in [5.74, 6) is 0.723. The van der Waals surface area contributed by atoms with Gasteiger partial charge in [0.15, 0.2) is 11.6 Å². The van der Waals surface area contributed by atoms with E-state index in [1.807, 2.05) is 17.2 Å². The van der Waals surface area contributed by atoms with Crippen molar-refractivity contribution in [1.82, 2.24) is 20.1 Å². The highest BCUT2D eigenvalue weighted by molar-refractivity contribution is 9.10. The van der Waals surface area contributed by atoms with Gasteiger partial charge in [0.05, 0.1) is 11.4 Å². The van der Waals surface area contributed by atoms with E-state index in [1.165, 1.54) is 31.2 Å². The Morgan fingerprint density at radius 3 is 2.83 bits per heavy atom. The summed E-state index contributed by atoms with van der Waals surface area (Å²) >= 11 is 3.35. The molecular weight excluding hydrogens is 527 g/mol. The predicted molar refractivity (Wildman–Crippen MR) is 140 cm³/mol. The highest BCUT2D eigenvalue weighted by Gasteiger charge is 2.24. The Labute approximate surface area is 218 Å². The molecule has 0 aliphatic heterocycles. The third-order valence-electron chi connectivity index (χ3n) is 6.18. The van der Waals surface area contributed by atoms with E-state index in [0.29, 0.717) is 22.0 Å². The smallest absolute Gasteiger partial charge is 0.192 e. The van der Waals surface area contributed by atoms with Crippen molar-refractivity contribution in [3.63, 3.8) is 0 Å². The summed E-state index contributed by atoms with van der Waals surface area (Å²) in [4.78, 5) is 4.07. The quantitative estimate of drug-likeness (QED) is 0.188. The first kappa shape index (κ1) is 25.8. The molecule has 0 spiro atoms. The molecule has 190 valence electrons. The Morgan fingerprint density at radius 1 is 1.36 bits per heavy atom. The lowest BCUT2D eigenvalue weighted by molar-refractivity contribution is 0.224. The zero-order valence-electron chi connectivity index (χ0n) is 20.5. The van der Waals surface area contributed by atoms with Crippen molar-refractivity contribution in [2.45, 2.75) is 38.7 Å². The molecule has 4 rings (SSSR count). The molecule has 36 heavy (non-hydrogen) atoms. The minimum absolute atomic E-state index is 0.132. The average Bonchev–Trinajstić information content (AvgIpc) is 3.59. The summed E-state index contributed by atoms with van der Waals surface area (Å²) in [5.41, 5.74) is 6.14. The third-order valence-corrected chi connectivity index (χ3v) is 6.62. The number of halogens is 2. The van der Waals surface area contributed by atoms with Crippen LogP contribution >= 0.6 is 15.9 Å². The van der Waals surface area contributed by atoms with Gasteiger partial charge in [-0.3, -0.25) is 15.3 Å². The fraction of sp³-hybridized carbons (Fsp3) is 0.346. The van der Waals surface area contributed by atoms with E-state index in [0.717, 1.165) is 29.3 Å². The van der Waals surface area contributed by atoms with Crippen LogP contribution in [-0.4, -0.2) is 32.7 Å². The summed E-state index contributed by atoms with van der Waals surface area (Å²) < 4.78 is 22.9. The number of hydrogen-bond donors (Lipinski definition) is 4. The fourth-order valence-corrected chi connectivity index (χ4v) is 4.46. The molecule has 1 aliphatic carbocycles. The van der Waals surface area contributed by atoms with Gasteiger partial charge in [0.2, 0.25) is 0 Å². The summed E-state index contributed by atoms with van der Waals surface area (Å²) in [5, 5.41) is 26.2. The van der Waals surface area contributed by atoms with Crippen molar-refractivity contribution in [2.24, 2.45) is 13.0 Å². The monoisotopic (exact) mass is 556 g/mol. The zero-order chi connectivity index (χ0) is 25.8. The van der Waals surface area contributed by atoms with E-state index in [9.17, 15) is 9.60 Å². The molecule has 2 aromatic heterocycles. The zero-order valence-corrected chi connectivity index (χ0v) is 22.1. The van der Waals surface area contributed by atoms with Crippen molar-refractivity contribution in [3.05, 3.63) is 81.1 Å². The van der Waals surface area contributed by atoms with E-state index >= 15 is 0 Å². The Balaban J connectivity index is 1.61. The number of benzene rings is 1. The van der Waals surface area contributed by atoms with E-state index in [2.05, 4.69) is 37.4 Å². The number of aryl methyl sites for hydroxylation is 1. The van der Waals surface area contributed by atoms with Gasteiger partial charge in [-0.15, -0.1) is 0 Å². The molecular formula is C26H30BrFN6O2. The number of pyridine rings is 1. The molecule has 1 saturated carbocycles. The van der Waals surface area contributed by atoms with Crippen LogP contribution in [0.25, 0.3) is 0 Å². The maximum absolute atomic E-state index is 14.3. The van der Waals surface area contributed by atoms with Crippen LogP contribution in [0.1, 0.15) is 48.4 Å². The molecule has 2 heterocycles. The van der Waals surface area contributed by atoms with E-state index < -0.39 is 11.9 Å². The van der Waals surface area contributed by atoms with Crippen LogP contribution in [0.2, 0.25) is 0 Å². The third kappa shape index (κ3) is 6.11. The van der Waals surface area contributed by atoms with Gasteiger partial charge in [-0.25, -0.2) is 14.9 Å². The molecule has 0 saturated heterocycles. The van der Waals surface area contributed by atoms with Gasteiger partial charge in [0.25, 0.3) is 0 Å². The number of nitrogens with one attached hydrogen (secondary N) is 3. The van der Waals surface area contributed by atoms with Crippen molar-refractivity contribution in [3.8, 4) is 5.75 Å². The Bertz CT molecular complexity index is 1290. The largest absolute Gasteiger partial charge is 0.482 e. The molecule has 0 amide bonds. The van der Waals surface area contributed by atoms with Gasteiger partial charge in [0.1, 0.15) is 11.9 Å². The van der Waals surface area contributed by atoms with Gasteiger partial charge in [0, 0.05) is 54.2 Å². The van der Waals surface area contributed by atoms with Crippen LogP contribution in [0.3, 0.4) is 0 Å². The molecule has 8 nitrogen and oxygen atoms in total. The topological polar surface area (TPSA) is 108 Å². The first-order valence-electron chi connectivity index (χ1n) is 11.8. The highest BCUT2D eigenvalue weighted by Crippen LogP contribution is 2.33. The lowest BCUT2D eigenvalue weighted by Crippen LogP contribution is -2.16. The molecule has 0 radical (unpaired) electrons. The van der Waals surface area contributed by atoms with Crippen molar-refractivity contribution >= 4 is 27.5 Å². The van der Waals surface area contributed by atoms with Crippen molar-refractivity contribution in [1.29, 1.82) is 5.41 Å². The number of aromatic nitrogens is 3. The Morgan fingerprint density at radius 2 is 2.14 bits per heavy atom. The minimum atomic E-state index is -0.642. The van der Waals surface area contributed by atoms with E-state index in [-0.39, 0.29) is 17.3 Å². The predicted octanol–water partition coefficient (Wildman–Crippen LogP) is 5.32. The molecule has 1 atom stereocenters.